The van der Waals surface area contributed by atoms with E-state index in [1.807, 2.05) is 12.1 Å². The number of hydrogen-bond acceptors (Lipinski definition) is 5. The van der Waals surface area contributed by atoms with Crippen molar-refractivity contribution in [3.05, 3.63) is 59.2 Å². The molecule has 1 heterocycles. The molecule has 0 saturated carbocycles. The molecule has 1 amide bonds. The van der Waals surface area contributed by atoms with E-state index in [9.17, 15) is 13.2 Å². The number of methoxy groups -OCH3 is 1. The molecule has 3 rings (SSSR count). The maximum Gasteiger partial charge on any atom is 0.251 e. The first-order valence-electron chi connectivity index (χ1n) is 10.9. The van der Waals surface area contributed by atoms with Crippen molar-refractivity contribution in [3.8, 4) is 5.75 Å². The van der Waals surface area contributed by atoms with Crippen LogP contribution in [0.3, 0.4) is 0 Å². The summed E-state index contributed by atoms with van der Waals surface area (Å²) in [7, 11) is 0.546. The molecule has 1 N–H and O–H groups in total. The second kappa shape index (κ2) is 10.5. The van der Waals surface area contributed by atoms with Crippen LogP contribution in [0.5, 0.6) is 5.75 Å². The first-order valence-corrected chi connectivity index (χ1v) is 12.3. The molecule has 2 aromatic rings. The van der Waals surface area contributed by atoms with Crippen molar-refractivity contribution in [2.45, 2.75) is 37.8 Å². The fourth-order valence-corrected chi connectivity index (χ4v) is 4.82. The van der Waals surface area contributed by atoms with Crippen molar-refractivity contribution in [3.63, 3.8) is 0 Å². The van der Waals surface area contributed by atoms with Gasteiger partial charge in [-0.2, -0.15) is 0 Å². The van der Waals surface area contributed by atoms with E-state index in [1.54, 1.807) is 6.07 Å². The number of amides is 1. The van der Waals surface area contributed by atoms with Crippen LogP contribution < -0.4 is 10.1 Å². The number of likely N-dealkylation sites (tertiary alicyclic amines) is 1. The van der Waals surface area contributed by atoms with E-state index in [4.69, 9.17) is 4.74 Å². The number of rotatable bonds is 8. The van der Waals surface area contributed by atoms with Crippen LogP contribution in [0.1, 0.15) is 41.3 Å². The minimum atomic E-state index is -3.74. The predicted octanol–water partition coefficient (Wildman–Crippen LogP) is 3.11. The SMILES string of the molecule is COc1ccc(C(=O)NCc2ccc(CN3CCC(C)CC3)cc2)cc1S(=O)(=O)N(C)C. The zero-order valence-electron chi connectivity index (χ0n) is 19.3. The second-order valence-corrected chi connectivity index (χ2v) is 10.7. The molecule has 32 heavy (non-hydrogen) atoms. The van der Waals surface area contributed by atoms with Crippen LogP contribution in [0.15, 0.2) is 47.4 Å². The minimum Gasteiger partial charge on any atom is -0.495 e. The highest BCUT2D eigenvalue weighted by atomic mass is 32.2. The number of carbonyl (C=O) groups excluding carboxylic acids is 1. The molecule has 8 heteroatoms. The molecule has 0 spiro atoms. The predicted molar refractivity (Wildman–Crippen MR) is 125 cm³/mol. The summed E-state index contributed by atoms with van der Waals surface area (Å²) in [5.74, 6) is 0.686. The summed E-state index contributed by atoms with van der Waals surface area (Å²) in [6.45, 7) is 5.92. The zero-order valence-corrected chi connectivity index (χ0v) is 20.1. The maximum absolute atomic E-state index is 12.7. The van der Waals surface area contributed by atoms with Crippen molar-refractivity contribution in [1.82, 2.24) is 14.5 Å². The Bertz CT molecular complexity index is 1030. The van der Waals surface area contributed by atoms with Gasteiger partial charge in [0.1, 0.15) is 10.6 Å². The van der Waals surface area contributed by atoms with Crippen LogP contribution in [-0.4, -0.2) is 57.8 Å². The van der Waals surface area contributed by atoms with Gasteiger partial charge < -0.3 is 10.1 Å². The number of nitrogens with one attached hydrogen (secondary N) is 1. The Morgan fingerprint density at radius 3 is 2.31 bits per heavy atom. The highest BCUT2D eigenvalue weighted by Crippen LogP contribution is 2.27. The molecular formula is C24H33N3O4S. The molecule has 1 saturated heterocycles. The summed E-state index contributed by atoms with van der Waals surface area (Å²) in [5, 5.41) is 2.87. The Morgan fingerprint density at radius 1 is 1.09 bits per heavy atom. The van der Waals surface area contributed by atoms with Gasteiger partial charge in [0.25, 0.3) is 5.91 Å². The van der Waals surface area contributed by atoms with Crippen LogP contribution in [-0.2, 0) is 23.1 Å². The molecule has 0 atom stereocenters. The number of piperidine rings is 1. The van der Waals surface area contributed by atoms with E-state index in [1.165, 1.54) is 51.7 Å². The van der Waals surface area contributed by atoms with Crippen LogP contribution in [0, 0.1) is 5.92 Å². The average Bonchev–Trinajstić information content (AvgIpc) is 2.79. The summed E-state index contributed by atoms with van der Waals surface area (Å²) in [4.78, 5) is 15.1. The van der Waals surface area contributed by atoms with Crippen LogP contribution in [0.2, 0.25) is 0 Å². The molecule has 0 unspecified atom stereocenters. The summed E-state index contributed by atoms with van der Waals surface area (Å²) < 4.78 is 31.4. The van der Waals surface area contributed by atoms with E-state index >= 15 is 0 Å². The van der Waals surface area contributed by atoms with Gasteiger partial charge in [-0.15, -0.1) is 0 Å². The van der Waals surface area contributed by atoms with Crippen LogP contribution in [0.25, 0.3) is 0 Å². The van der Waals surface area contributed by atoms with Gasteiger partial charge in [0.15, 0.2) is 0 Å². The molecule has 1 aliphatic heterocycles. The van der Waals surface area contributed by atoms with Crippen molar-refractivity contribution >= 4 is 15.9 Å². The van der Waals surface area contributed by atoms with E-state index in [-0.39, 0.29) is 22.1 Å². The van der Waals surface area contributed by atoms with E-state index in [2.05, 4.69) is 29.3 Å². The van der Waals surface area contributed by atoms with Gasteiger partial charge in [0, 0.05) is 32.7 Å². The van der Waals surface area contributed by atoms with Gasteiger partial charge in [0.2, 0.25) is 10.0 Å². The fraction of sp³-hybridized carbons (Fsp3) is 0.458. The Labute approximate surface area is 191 Å². The third-order valence-electron chi connectivity index (χ3n) is 5.94. The first kappa shape index (κ1) is 24.2. The number of benzene rings is 2. The standard InChI is InChI=1S/C24H33N3O4S/c1-18-11-13-27(14-12-18)17-20-7-5-19(6-8-20)16-25-24(28)21-9-10-22(31-4)23(15-21)32(29,30)26(2)3/h5-10,15,18H,11-14,16-17H2,1-4H3,(H,25,28). The molecule has 0 aliphatic carbocycles. The quantitative estimate of drug-likeness (QED) is 0.656. The lowest BCUT2D eigenvalue weighted by Gasteiger charge is -2.30. The highest BCUT2D eigenvalue weighted by molar-refractivity contribution is 7.89. The summed E-state index contributed by atoms with van der Waals surface area (Å²) >= 11 is 0. The molecule has 0 aromatic heterocycles. The molecular weight excluding hydrogens is 426 g/mol. The molecule has 174 valence electrons. The van der Waals surface area contributed by atoms with Gasteiger partial charge in [-0.25, -0.2) is 12.7 Å². The van der Waals surface area contributed by atoms with Crippen LogP contribution >= 0.6 is 0 Å². The smallest absolute Gasteiger partial charge is 0.251 e. The highest BCUT2D eigenvalue weighted by Gasteiger charge is 2.24. The largest absolute Gasteiger partial charge is 0.495 e. The average molecular weight is 460 g/mol. The Kier molecular flexibility index (Phi) is 7.92. The number of hydrogen-bond donors (Lipinski definition) is 1. The lowest BCUT2D eigenvalue weighted by Crippen LogP contribution is -2.32. The molecule has 7 nitrogen and oxygen atoms in total. The monoisotopic (exact) mass is 459 g/mol. The van der Waals surface area contributed by atoms with Gasteiger partial charge in [-0.3, -0.25) is 9.69 Å². The Hall–Kier alpha value is -2.42. The summed E-state index contributed by atoms with van der Waals surface area (Å²) in [6, 6.07) is 12.7. The maximum atomic E-state index is 12.7. The number of nitrogens with zero attached hydrogens (tertiary/aromatic N) is 2. The minimum absolute atomic E-state index is 0.0332. The lowest BCUT2D eigenvalue weighted by molar-refractivity contribution is 0.0950. The first-order chi connectivity index (χ1) is 15.2. The molecule has 1 aliphatic rings. The van der Waals surface area contributed by atoms with Crippen molar-refractivity contribution < 1.29 is 17.9 Å². The topological polar surface area (TPSA) is 79.0 Å². The number of carbonyl (C=O) groups is 1. The number of sulfonamides is 1. The van der Waals surface area contributed by atoms with Gasteiger partial charge in [0.05, 0.1) is 7.11 Å². The van der Waals surface area contributed by atoms with E-state index in [0.717, 1.165) is 35.4 Å². The Balaban J connectivity index is 1.62. The normalized spacial score (nSPS) is 15.7. The van der Waals surface area contributed by atoms with Crippen molar-refractivity contribution in [1.29, 1.82) is 0 Å². The third kappa shape index (κ3) is 5.88. The molecule has 0 bridgehead atoms. The lowest BCUT2D eigenvalue weighted by atomic mass is 9.99. The Morgan fingerprint density at radius 2 is 1.72 bits per heavy atom. The molecule has 1 fully saturated rings. The summed E-state index contributed by atoms with van der Waals surface area (Å²) in [6.07, 6.45) is 2.51. The number of ether oxygens (including phenoxy) is 1. The van der Waals surface area contributed by atoms with Gasteiger partial charge in [-0.1, -0.05) is 31.2 Å². The van der Waals surface area contributed by atoms with Crippen molar-refractivity contribution in [2.24, 2.45) is 5.92 Å². The van der Waals surface area contributed by atoms with Gasteiger partial charge >= 0.3 is 0 Å². The van der Waals surface area contributed by atoms with Crippen LogP contribution in [0.4, 0.5) is 0 Å². The summed E-state index contributed by atoms with van der Waals surface area (Å²) in [5.41, 5.74) is 2.52. The second-order valence-electron chi connectivity index (χ2n) is 8.61. The molecule has 0 radical (unpaired) electrons. The van der Waals surface area contributed by atoms with E-state index in [0.29, 0.717) is 6.54 Å². The van der Waals surface area contributed by atoms with Crippen molar-refractivity contribution in [2.75, 3.05) is 34.3 Å². The zero-order chi connectivity index (χ0) is 23.3. The van der Waals surface area contributed by atoms with Gasteiger partial charge in [-0.05, 0) is 61.2 Å². The molecule has 2 aromatic carbocycles. The third-order valence-corrected chi connectivity index (χ3v) is 7.78. The van der Waals surface area contributed by atoms with E-state index < -0.39 is 10.0 Å². The fourth-order valence-electron chi connectivity index (χ4n) is 3.74.